The summed E-state index contributed by atoms with van der Waals surface area (Å²) in [5.41, 5.74) is 0.509. The van der Waals surface area contributed by atoms with E-state index >= 15 is 0 Å². The first kappa shape index (κ1) is 11.9. The number of aliphatic carboxylic acids is 1. The Kier molecular flexibility index (Phi) is 3.77. The standard InChI is InChI=1S/C11H11NO4/c1-8(6-7-11(13)14)9-4-2-3-5-10(9)12(15)16/h2-8H,1H3,(H,13,14). The Morgan fingerprint density at radius 1 is 1.50 bits per heavy atom. The Balaban J connectivity index is 3.03. The second-order valence-electron chi connectivity index (χ2n) is 3.30. The molecule has 0 aliphatic rings. The molecule has 0 aromatic heterocycles. The third-order valence-corrected chi connectivity index (χ3v) is 2.15. The number of hydrogen-bond acceptors (Lipinski definition) is 3. The molecule has 0 fully saturated rings. The first-order valence-corrected chi connectivity index (χ1v) is 4.67. The van der Waals surface area contributed by atoms with E-state index in [2.05, 4.69) is 0 Å². The van der Waals surface area contributed by atoms with E-state index in [0.29, 0.717) is 5.56 Å². The zero-order valence-corrected chi connectivity index (χ0v) is 8.66. The second-order valence-corrected chi connectivity index (χ2v) is 3.30. The van der Waals surface area contributed by atoms with Gasteiger partial charge in [-0.3, -0.25) is 10.1 Å². The quantitative estimate of drug-likeness (QED) is 0.480. The number of carboxylic acids is 1. The lowest BCUT2D eigenvalue weighted by Crippen LogP contribution is -1.98. The Morgan fingerprint density at radius 3 is 2.69 bits per heavy atom. The molecule has 1 atom stereocenters. The van der Waals surface area contributed by atoms with Gasteiger partial charge in [0.15, 0.2) is 0 Å². The van der Waals surface area contributed by atoms with Gasteiger partial charge in [0.05, 0.1) is 4.92 Å². The van der Waals surface area contributed by atoms with Crippen molar-refractivity contribution in [3.63, 3.8) is 0 Å². The molecule has 1 rings (SSSR count). The Bertz CT molecular complexity index is 439. The third-order valence-electron chi connectivity index (χ3n) is 2.15. The molecule has 0 heterocycles. The number of allylic oxidation sites excluding steroid dienone is 1. The summed E-state index contributed by atoms with van der Waals surface area (Å²) >= 11 is 0. The topological polar surface area (TPSA) is 80.4 Å². The summed E-state index contributed by atoms with van der Waals surface area (Å²) < 4.78 is 0. The molecule has 0 aliphatic heterocycles. The van der Waals surface area contributed by atoms with Crippen LogP contribution in [0.15, 0.2) is 36.4 Å². The maximum absolute atomic E-state index is 10.7. The molecule has 1 aromatic carbocycles. The van der Waals surface area contributed by atoms with Crippen molar-refractivity contribution in [2.45, 2.75) is 12.8 Å². The van der Waals surface area contributed by atoms with E-state index in [0.717, 1.165) is 6.08 Å². The van der Waals surface area contributed by atoms with Crippen LogP contribution in [-0.2, 0) is 4.79 Å². The lowest BCUT2D eigenvalue weighted by atomic mass is 9.99. The molecule has 16 heavy (non-hydrogen) atoms. The maximum atomic E-state index is 10.7. The fourth-order valence-corrected chi connectivity index (χ4v) is 1.37. The minimum Gasteiger partial charge on any atom is -0.478 e. The summed E-state index contributed by atoms with van der Waals surface area (Å²) in [5.74, 6) is -1.37. The monoisotopic (exact) mass is 221 g/mol. The lowest BCUT2D eigenvalue weighted by molar-refractivity contribution is -0.385. The molecule has 0 bridgehead atoms. The smallest absolute Gasteiger partial charge is 0.327 e. The normalized spacial score (nSPS) is 12.6. The first-order valence-electron chi connectivity index (χ1n) is 4.67. The van der Waals surface area contributed by atoms with Crippen LogP contribution in [0.1, 0.15) is 18.4 Å². The predicted octanol–water partition coefficient (Wildman–Crippen LogP) is 2.34. The number of carboxylic acid groups (broad SMARTS) is 1. The number of nitro groups is 1. The van der Waals surface area contributed by atoms with Gasteiger partial charge in [0.1, 0.15) is 0 Å². The average molecular weight is 221 g/mol. The van der Waals surface area contributed by atoms with Gasteiger partial charge in [0, 0.05) is 23.6 Å². The summed E-state index contributed by atoms with van der Waals surface area (Å²) in [7, 11) is 0. The van der Waals surface area contributed by atoms with Crippen molar-refractivity contribution < 1.29 is 14.8 Å². The summed E-state index contributed by atoms with van der Waals surface area (Å²) in [6, 6.07) is 6.29. The van der Waals surface area contributed by atoms with Gasteiger partial charge in [-0.15, -0.1) is 0 Å². The van der Waals surface area contributed by atoms with Crippen LogP contribution >= 0.6 is 0 Å². The zero-order chi connectivity index (χ0) is 12.1. The molecule has 5 nitrogen and oxygen atoms in total. The van der Waals surface area contributed by atoms with E-state index < -0.39 is 10.9 Å². The second kappa shape index (κ2) is 5.06. The van der Waals surface area contributed by atoms with Gasteiger partial charge in [-0.2, -0.15) is 0 Å². The van der Waals surface area contributed by atoms with Crippen LogP contribution in [0.5, 0.6) is 0 Å². The van der Waals surface area contributed by atoms with E-state index in [1.54, 1.807) is 25.1 Å². The average Bonchev–Trinajstić information content (AvgIpc) is 2.25. The number of nitrogens with zero attached hydrogens (tertiary/aromatic N) is 1. The van der Waals surface area contributed by atoms with Gasteiger partial charge in [-0.05, 0) is 0 Å². The van der Waals surface area contributed by atoms with E-state index in [9.17, 15) is 14.9 Å². The summed E-state index contributed by atoms with van der Waals surface area (Å²) in [6.45, 7) is 1.71. The van der Waals surface area contributed by atoms with Gasteiger partial charge in [-0.1, -0.05) is 31.2 Å². The first-order chi connectivity index (χ1) is 7.52. The van der Waals surface area contributed by atoms with Crippen molar-refractivity contribution >= 4 is 11.7 Å². The molecule has 0 amide bonds. The highest BCUT2D eigenvalue weighted by molar-refractivity contribution is 5.79. The molecule has 0 saturated carbocycles. The van der Waals surface area contributed by atoms with Gasteiger partial charge < -0.3 is 5.11 Å². The molecule has 1 N–H and O–H groups in total. The van der Waals surface area contributed by atoms with E-state index in [1.807, 2.05) is 0 Å². The maximum Gasteiger partial charge on any atom is 0.327 e. The molecule has 0 saturated heterocycles. The number of para-hydroxylation sites is 1. The predicted molar refractivity (Wildman–Crippen MR) is 58.3 cm³/mol. The summed E-state index contributed by atoms with van der Waals surface area (Å²) in [6.07, 6.45) is 2.41. The van der Waals surface area contributed by atoms with Crippen molar-refractivity contribution in [1.29, 1.82) is 0 Å². The minimum absolute atomic E-state index is 0.00467. The van der Waals surface area contributed by atoms with Crippen molar-refractivity contribution in [3.05, 3.63) is 52.1 Å². The number of rotatable bonds is 4. The Morgan fingerprint density at radius 2 is 2.12 bits per heavy atom. The number of hydrogen-bond donors (Lipinski definition) is 1. The number of nitro benzene ring substituents is 1. The van der Waals surface area contributed by atoms with Gasteiger partial charge in [0.25, 0.3) is 5.69 Å². The summed E-state index contributed by atoms with van der Waals surface area (Å²) in [4.78, 5) is 20.6. The van der Waals surface area contributed by atoms with Gasteiger partial charge >= 0.3 is 5.97 Å². The van der Waals surface area contributed by atoms with E-state index in [1.165, 1.54) is 12.1 Å². The van der Waals surface area contributed by atoms with Gasteiger partial charge in [0.2, 0.25) is 0 Å². The van der Waals surface area contributed by atoms with Crippen LogP contribution in [-0.4, -0.2) is 16.0 Å². The van der Waals surface area contributed by atoms with Crippen molar-refractivity contribution in [3.8, 4) is 0 Å². The molecule has 0 spiro atoms. The molecule has 0 radical (unpaired) electrons. The van der Waals surface area contributed by atoms with E-state index in [4.69, 9.17) is 5.11 Å². The number of carbonyl (C=O) groups is 1. The van der Waals surface area contributed by atoms with E-state index in [-0.39, 0.29) is 11.6 Å². The fourth-order valence-electron chi connectivity index (χ4n) is 1.37. The summed E-state index contributed by atoms with van der Waals surface area (Å²) in [5, 5.41) is 19.2. The Hall–Kier alpha value is -2.17. The molecular formula is C11H11NO4. The Labute approximate surface area is 92.2 Å². The van der Waals surface area contributed by atoms with Crippen LogP contribution in [0.25, 0.3) is 0 Å². The fraction of sp³-hybridized carbons (Fsp3) is 0.182. The molecule has 5 heteroatoms. The highest BCUT2D eigenvalue weighted by Gasteiger charge is 2.16. The highest BCUT2D eigenvalue weighted by atomic mass is 16.6. The molecule has 0 aliphatic carbocycles. The molecule has 84 valence electrons. The molecule has 1 unspecified atom stereocenters. The highest BCUT2D eigenvalue weighted by Crippen LogP contribution is 2.26. The van der Waals surface area contributed by atoms with Crippen LogP contribution < -0.4 is 0 Å². The van der Waals surface area contributed by atoms with Crippen LogP contribution in [0.2, 0.25) is 0 Å². The van der Waals surface area contributed by atoms with Crippen molar-refractivity contribution in [1.82, 2.24) is 0 Å². The minimum atomic E-state index is -1.06. The van der Waals surface area contributed by atoms with Crippen LogP contribution in [0.3, 0.4) is 0 Å². The van der Waals surface area contributed by atoms with Crippen LogP contribution in [0, 0.1) is 10.1 Å². The third kappa shape index (κ3) is 2.91. The number of benzene rings is 1. The molecule has 1 aromatic rings. The molecular weight excluding hydrogens is 210 g/mol. The van der Waals surface area contributed by atoms with Crippen LogP contribution in [0.4, 0.5) is 5.69 Å². The zero-order valence-electron chi connectivity index (χ0n) is 8.66. The SMILES string of the molecule is CC(C=CC(=O)O)c1ccccc1[N+](=O)[O-]. The van der Waals surface area contributed by atoms with Crippen molar-refractivity contribution in [2.75, 3.05) is 0 Å². The van der Waals surface area contributed by atoms with Gasteiger partial charge in [-0.25, -0.2) is 4.79 Å². The van der Waals surface area contributed by atoms with Crippen molar-refractivity contribution in [2.24, 2.45) is 0 Å². The lowest BCUT2D eigenvalue weighted by Gasteiger charge is -2.06. The largest absolute Gasteiger partial charge is 0.478 e.